The number of methoxy groups -OCH3 is 1. The molecule has 0 spiro atoms. The van der Waals surface area contributed by atoms with Gasteiger partial charge in [0.05, 0.1) is 18.5 Å². The molecule has 0 atom stereocenters. The van der Waals surface area contributed by atoms with Crippen LogP contribution < -0.4 is 5.56 Å². The Balaban J connectivity index is 2.15. The average Bonchev–Trinajstić information content (AvgIpc) is 3.05. The number of aromatic nitrogens is 2. The van der Waals surface area contributed by atoms with Crippen LogP contribution in [0, 0.1) is 0 Å². The Hall–Kier alpha value is -1.98. The number of hydrogen-bond acceptors (Lipinski definition) is 4. The molecule has 25 heavy (non-hydrogen) atoms. The van der Waals surface area contributed by atoms with Gasteiger partial charge in [-0.1, -0.05) is 45.0 Å². The summed E-state index contributed by atoms with van der Waals surface area (Å²) in [5.41, 5.74) is 3.37. The van der Waals surface area contributed by atoms with Crippen molar-refractivity contribution < 1.29 is 4.74 Å². The molecule has 132 valence electrons. The summed E-state index contributed by atoms with van der Waals surface area (Å²) in [6.45, 7) is 7.42. The van der Waals surface area contributed by atoms with Crippen molar-refractivity contribution >= 4 is 21.6 Å². The van der Waals surface area contributed by atoms with Gasteiger partial charge in [-0.05, 0) is 17.0 Å². The molecule has 0 unspecified atom stereocenters. The minimum absolute atomic E-state index is 0.0306. The zero-order valence-corrected chi connectivity index (χ0v) is 16.0. The zero-order valence-electron chi connectivity index (χ0n) is 15.2. The number of fused-ring (bicyclic) bond motifs is 1. The lowest BCUT2D eigenvalue weighted by molar-refractivity contribution is 0.185. The van der Waals surface area contributed by atoms with E-state index in [1.54, 1.807) is 11.7 Å². The van der Waals surface area contributed by atoms with Crippen molar-refractivity contribution in [2.24, 2.45) is 0 Å². The van der Waals surface area contributed by atoms with Crippen LogP contribution in [0.3, 0.4) is 0 Å². The van der Waals surface area contributed by atoms with E-state index in [2.05, 4.69) is 38.1 Å². The molecule has 3 aromatic rings. The quantitative estimate of drug-likeness (QED) is 0.655. The van der Waals surface area contributed by atoms with Crippen molar-refractivity contribution in [2.45, 2.75) is 39.7 Å². The van der Waals surface area contributed by atoms with E-state index < -0.39 is 0 Å². The number of ether oxygens (including phenoxy) is 1. The summed E-state index contributed by atoms with van der Waals surface area (Å²) >= 11 is 1.54. The predicted molar refractivity (Wildman–Crippen MR) is 105 cm³/mol. The van der Waals surface area contributed by atoms with Crippen LogP contribution in [0.5, 0.6) is 0 Å². The van der Waals surface area contributed by atoms with Crippen LogP contribution in [0.15, 0.2) is 34.4 Å². The molecule has 0 amide bonds. The van der Waals surface area contributed by atoms with Gasteiger partial charge < -0.3 is 4.74 Å². The first-order valence-electron chi connectivity index (χ1n) is 8.67. The van der Waals surface area contributed by atoms with Crippen molar-refractivity contribution in [3.05, 3.63) is 51.4 Å². The molecule has 0 saturated carbocycles. The largest absolute Gasteiger partial charge is 0.383 e. The Bertz CT molecular complexity index is 923. The third-order valence-electron chi connectivity index (χ3n) is 4.50. The maximum atomic E-state index is 13.1. The molecular formula is C20H24N2O2S. The lowest BCUT2D eigenvalue weighted by Crippen LogP contribution is -2.26. The Labute approximate surface area is 152 Å². The van der Waals surface area contributed by atoms with Gasteiger partial charge in [-0.15, -0.1) is 11.3 Å². The standard InChI is InChI=1S/C20H24N2O2S/c1-5-17-21-19-18(20(23)22(17)10-11-24-4)16(12-25-19)15-8-6-14(7-9-15)13(2)3/h6-9,12-13H,5,10-11H2,1-4H3. The zero-order chi connectivity index (χ0) is 18.0. The highest BCUT2D eigenvalue weighted by Crippen LogP contribution is 2.32. The van der Waals surface area contributed by atoms with Gasteiger partial charge in [-0.25, -0.2) is 4.98 Å². The number of nitrogens with zero attached hydrogens (tertiary/aromatic N) is 2. The lowest BCUT2D eigenvalue weighted by atomic mass is 9.99. The van der Waals surface area contributed by atoms with Crippen LogP contribution in [0.25, 0.3) is 21.3 Å². The molecule has 0 saturated heterocycles. The molecule has 0 aliphatic rings. The smallest absolute Gasteiger partial charge is 0.262 e. The number of aryl methyl sites for hydroxylation is 1. The van der Waals surface area contributed by atoms with Gasteiger partial charge in [-0.2, -0.15) is 0 Å². The van der Waals surface area contributed by atoms with Crippen molar-refractivity contribution in [3.8, 4) is 11.1 Å². The van der Waals surface area contributed by atoms with Crippen LogP contribution in [0.4, 0.5) is 0 Å². The Morgan fingerprint density at radius 2 is 1.96 bits per heavy atom. The van der Waals surface area contributed by atoms with Gasteiger partial charge in [-0.3, -0.25) is 9.36 Å². The second-order valence-electron chi connectivity index (χ2n) is 6.44. The Kier molecular flexibility index (Phi) is 5.35. The maximum Gasteiger partial charge on any atom is 0.262 e. The number of hydrogen-bond donors (Lipinski definition) is 0. The molecule has 2 aromatic heterocycles. The molecule has 0 aliphatic carbocycles. The monoisotopic (exact) mass is 356 g/mol. The third kappa shape index (κ3) is 3.39. The minimum atomic E-state index is 0.0306. The van der Waals surface area contributed by atoms with Crippen LogP contribution in [0.2, 0.25) is 0 Å². The summed E-state index contributed by atoms with van der Waals surface area (Å²) in [6.07, 6.45) is 0.727. The number of benzene rings is 1. The molecular weight excluding hydrogens is 332 g/mol. The van der Waals surface area contributed by atoms with E-state index in [-0.39, 0.29) is 5.56 Å². The van der Waals surface area contributed by atoms with E-state index >= 15 is 0 Å². The van der Waals surface area contributed by atoms with E-state index in [0.717, 1.165) is 33.6 Å². The summed E-state index contributed by atoms with van der Waals surface area (Å²) < 4.78 is 6.91. The fourth-order valence-corrected chi connectivity index (χ4v) is 3.97. The first-order chi connectivity index (χ1) is 12.1. The Morgan fingerprint density at radius 3 is 2.56 bits per heavy atom. The normalized spacial score (nSPS) is 11.6. The first-order valence-corrected chi connectivity index (χ1v) is 9.55. The highest BCUT2D eigenvalue weighted by atomic mass is 32.1. The Morgan fingerprint density at radius 1 is 1.24 bits per heavy atom. The fourth-order valence-electron chi connectivity index (χ4n) is 3.01. The number of thiophene rings is 1. The van der Waals surface area contributed by atoms with E-state index in [9.17, 15) is 4.79 Å². The molecule has 0 N–H and O–H groups in total. The average molecular weight is 356 g/mol. The highest BCUT2D eigenvalue weighted by Gasteiger charge is 2.16. The molecule has 3 rings (SSSR count). The van der Waals surface area contributed by atoms with Crippen LogP contribution in [-0.2, 0) is 17.7 Å². The van der Waals surface area contributed by atoms with Gasteiger partial charge in [0.15, 0.2) is 0 Å². The predicted octanol–water partition coefficient (Wildman–Crippen LogP) is 4.46. The van der Waals surface area contributed by atoms with Crippen molar-refractivity contribution in [1.82, 2.24) is 9.55 Å². The second-order valence-corrected chi connectivity index (χ2v) is 7.30. The number of rotatable bonds is 6. The first kappa shape index (κ1) is 17.8. The van der Waals surface area contributed by atoms with Gasteiger partial charge >= 0.3 is 0 Å². The molecule has 0 aliphatic heterocycles. The maximum absolute atomic E-state index is 13.1. The SMILES string of the molecule is CCc1nc2scc(-c3ccc(C(C)C)cc3)c2c(=O)n1CCOC. The topological polar surface area (TPSA) is 44.1 Å². The minimum Gasteiger partial charge on any atom is -0.383 e. The van der Waals surface area contributed by atoms with Gasteiger partial charge in [0.25, 0.3) is 5.56 Å². The summed E-state index contributed by atoms with van der Waals surface area (Å²) in [5.74, 6) is 1.31. The summed E-state index contributed by atoms with van der Waals surface area (Å²) in [7, 11) is 1.65. The van der Waals surface area contributed by atoms with Crippen molar-refractivity contribution in [1.29, 1.82) is 0 Å². The molecule has 4 nitrogen and oxygen atoms in total. The molecule has 5 heteroatoms. The van der Waals surface area contributed by atoms with E-state index in [1.807, 2.05) is 12.3 Å². The van der Waals surface area contributed by atoms with Crippen molar-refractivity contribution in [3.63, 3.8) is 0 Å². The van der Waals surface area contributed by atoms with Crippen LogP contribution >= 0.6 is 11.3 Å². The van der Waals surface area contributed by atoms with Crippen LogP contribution in [0.1, 0.15) is 38.1 Å². The van der Waals surface area contributed by atoms with Crippen molar-refractivity contribution in [2.75, 3.05) is 13.7 Å². The molecule has 0 radical (unpaired) electrons. The van der Waals surface area contributed by atoms with Gasteiger partial charge in [0.2, 0.25) is 0 Å². The second kappa shape index (κ2) is 7.50. The van der Waals surface area contributed by atoms with Gasteiger partial charge in [0.1, 0.15) is 10.7 Å². The molecule has 2 heterocycles. The van der Waals surface area contributed by atoms with E-state index in [0.29, 0.717) is 19.1 Å². The summed E-state index contributed by atoms with van der Waals surface area (Å²) in [5, 5.41) is 2.76. The lowest BCUT2D eigenvalue weighted by Gasteiger charge is -2.11. The fraction of sp³-hybridized carbons (Fsp3) is 0.400. The van der Waals surface area contributed by atoms with E-state index in [1.165, 1.54) is 16.9 Å². The third-order valence-corrected chi connectivity index (χ3v) is 5.37. The van der Waals surface area contributed by atoms with Crippen LogP contribution in [-0.4, -0.2) is 23.3 Å². The van der Waals surface area contributed by atoms with E-state index in [4.69, 9.17) is 9.72 Å². The highest BCUT2D eigenvalue weighted by molar-refractivity contribution is 7.17. The molecule has 0 fully saturated rings. The summed E-state index contributed by atoms with van der Waals surface area (Å²) in [4.78, 5) is 18.7. The molecule has 1 aromatic carbocycles. The summed E-state index contributed by atoms with van der Waals surface area (Å²) in [6, 6.07) is 8.48. The van der Waals surface area contributed by atoms with Gasteiger partial charge in [0, 0.05) is 24.5 Å². The molecule has 0 bridgehead atoms.